The lowest BCUT2D eigenvalue weighted by Gasteiger charge is -2.17. The molecule has 134 valence electrons. The maximum absolute atomic E-state index is 12.6. The molecule has 1 fully saturated rings. The maximum atomic E-state index is 12.6. The smallest absolute Gasteiger partial charge is 0.251 e. The van der Waals surface area contributed by atoms with E-state index in [0.29, 0.717) is 18.7 Å². The summed E-state index contributed by atoms with van der Waals surface area (Å²) in [5.41, 5.74) is 0.401. The number of unbranched alkanes of at least 4 members (excludes halogenated alkanes) is 2. The molecule has 0 radical (unpaired) electrons. The first-order chi connectivity index (χ1) is 11.4. The molecule has 0 saturated carbocycles. The van der Waals surface area contributed by atoms with Crippen LogP contribution in [0.3, 0.4) is 0 Å². The number of hydrogen-bond donors (Lipinski definition) is 1. The van der Waals surface area contributed by atoms with Gasteiger partial charge in [-0.05, 0) is 44.4 Å². The van der Waals surface area contributed by atoms with E-state index in [2.05, 4.69) is 12.2 Å². The Balaban J connectivity index is 2.05. The molecule has 1 aromatic carbocycles. The minimum atomic E-state index is -3.49. The molecule has 1 atom stereocenters. The number of rotatable bonds is 8. The van der Waals surface area contributed by atoms with Gasteiger partial charge < -0.3 is 5.32 Å². The van der Waals surface area contributed by atoms with Gasteiger partial charge in [-0.1, -0.05) is 32.3 Å². The summed E-state index contributed by atoms with van der Waals surface area (Å²) in [5, 5.41) is 2.96. The number of nitrogens with zero attached hydrogens (tertiary/aromatic N) is 1. The molecule has 5 nitrogen and oxygen atoms in total. The summed E-state index contributed by atoms with van der Waals surface area (Å²) in [4.78, 5) is 12.6. The summed E-state index contributed by atoms with van der Waals surface area (Å²) in [7, 11) is -3.49. The minimum absolute atomic E-state index is 0.0860. The van der Waals surface area contributed by atoms with Gasteiger partial charge in [0.15, 0.2) is 0 Å². The SMILES string of the molecule is CCCCC[C@@H](C)NC(=O)c1cccc(S(=O)(=O)N2CCCC2)c1. The average molecular weight is 353 g/mol. The first-order valence-corrected chi connectivity index (χ1v) is 10.3. The third kappa shape index (κ3) is 4.80. The van der Waals surface area contributed by atoms with Gasteiger partial charge >= 0.3 is 0 Å². The third-order valence-electron chi connectivity index (χ3n) is 4.42. The van der Waals surface area contributed by atoms with Gasteiger partial charge in [0.1, 0.15) is 0 Å². The molecule has 1 aliphatic heterocycles. The van der Waals surface area contributed by atoms with Crippen molar-refractivity contribution in [2.24, 2.45) is 0 Å². The third-order valence-corrected chi connectivity index (χ3v) is 6.31. The molecule has 6 heteroatoms. The standard InChI is InChI=1S/C18H28N2O3S/c1-3-4-5-9-15(2)19-18(21)16-10-8-11-17(14-16)24(22,23)20-12-6-7-13-20/h8,10-11,14-15H,3-7,9,12-13H2,1-2H3,(H,19,21)/t15-/m1/s1. The number of carbonyl (C=O) groups is 1. The van der Waals surface area contributed by atoms with E-state index in [1.165, 1.54) is 10.4 Å². The second-order valence-electron chi connectivity index (χ2n) is 6.51. The highest BCUT2D eigenvalue weighted by Crippen LogP contribution is 2.21. The molecule has 24 heavy (non-hydrogen) atoms. The monoisotopic (exact) mass is 352 g/mol. The summed E-state index contributed by atoms with van der Waals surface area (Å²) in [6.07, 6.45) is 6.12. The summed E-state index contributed by atoms with van der Waals surface area (Å²) in [6, 6.07) is 6.44. The van der Waals surface area contributed by atoms with Crippen LogP contribution in [0.5, 0.6) is 0 Å². The van der Waals surface area contributed by atoms with Crippen LogP contribution >= 0.6 is 0 Å². The van der Waals surface area contributed by atoms with Crippen LogP contribution in [-0.4, -0.2) is 37.8 Å². The summed E-state index contributed by atoms with van der Waals surface area (Å²) < 4.78 is 26.7. The van der Waals surface area contributed by atoms with Crippen LogP contribution in [0, 0.1) is 0 Å². The Labute approximate surface area is 145 Å². The van der Waals surface area contributed by atoms with E-state index in [0.717, 1.165) is 38.5 Å². The van der Waals surface area contributed by atoms with Crippen LogP contribution in [0.4, 0.5) is 0 Å². The molecular formula is C18H28N2O3S. The number of benzene rings is 1. The number of hydrogen-bond acceptors (Lipinski definition) is 3. The predicted molar refractivity (Wildman–Crippen MR) is 95.5 cm³/mol. The highest BCUT2D eigenvalue weighted by Gasteiger charge is 2.27. The van der Waals surface area contributed by atoms with Crippen LogP contribution in [0.1, 0.15) is 62.7 Å². The lowest BCUT2D eigenvalue weighted by Crippen LogP contribution is -2.33. The van der Waals surface area contributed by atoms with Crippen LogP contribution < -0.4 is 5.32 Å². The maximum Gasteiger partial charge on any atom is 0.251 e. The Bertz CT molecular complexity index is 652. The highest BCUT2D eigenvalue weighted by molar-refractivity contribution is 7.89. The van der Waals surface area contributed by atoms with E-state index >= 15 is 0 Å². The largest absolute Gasteiger partial charge is 0.350 e. The van der Waals surface area contributed by atoms with Crippen LogP contribution in [0.15, 0.2) is 29.2 Å². The van der Waals surface area contributed by atoms with Crippen molar-refractivity contribution >= 4 is 15.9 Å². The Kier molecular flexibility index (Phi) is 6.80. The zero-order valence-corrected chi connectivity index (χ0v) is 15.4. The topological polar surface area (TPSA) is 66.5 Å². The summed E-state index contributed by atoms with van der Waals surface area (Å²) in [6.45, 7) is 5.26. The lowest BCUT2D eigenvalue weighted by atomic mass is 10.1. The van der Waals surface area contributed by atoms with Crippen molar-refractivity contribution in [1.82, 2.24) is 9.62 Å². The second-order valence-corrected chi connectivity index (χ2v) is 8.45. The van der Waals surface area contributed by atoms with Gasteiger partial charge in [-0.2, -0.15) is 4.31 Å². The molecule has 1 amide bonds. The zero-order valence-electron chi connectivity index (χ0n) is 14.6. The normalized spacial score (nSPS) is 16.9. The number of amides is 1. The van der Waals surface area contributed by atoms with Crippen LogP contribution in [0.2, 0.25) is 0 Å². The van der Waals surface area contributed by atoms with Gasteiger partial charge in [-0.3, -0.25) is 4.79 Å². The number of carbonyl (C=O) groups excluding carboxylic acids is 1. The van der Waals surface area contributed by atoms with Gasteiger partial charge in [0, 0.05) is 24.7 Å². The fourth-order valence-corrected chi connectivity index (χ4v) is 4.52. The van der Waals surface area contributed by atoms with Gasteiger partial charge in [-0.15, -0.1) is 0 Å². The molecule has 1 N–H and O–H groups in total. The fraction of sp³-hybridized carbons (Fsp3) is 0.611. The predicted octanol–water partition coefficient (Wildman–Crippen LogP) is 3.17. The summed E-state index contributed by atoms with van der Waals surface area (Å²) in [5.74, 6) is -0.211. The Morgan fingerprint density at radius 2 is 1.96 bits per heavy atom. The zero-order chi connectivity index (χ0) is 17.6. The Hall–Kier alpha value is -1.40. The highest BCUT2D eigenvalue weighted by atomic mass is 32.2. The van der Waals surface area contributed by atoms with Gasteiger partial charge in [0.2, 0.25) is 10.0 Å². The molecule has 0 bridgehead atoms. The molecule has 0 spiro atoms. The van der Waals surface area contributed by atoms with Crippen LogP contribution in [0.25, 0.3) is 0 Å². The average Bonchev–Trinajstić information content (AvgIpc) is 3.10. The molecule has 1 aromatic rings. The minimum Gasteiger partial charge on any atom is -0.350 e. The van der Waals surface area contributed by atoms with Crippen molar-refractivity contribution in [3.63, 3.8) is 0 Å². The van der Waals surface area contributed by atoms with Gasteiger partial charge in [0.05, 0.1) is 4.90 Å². The van der Waals surface area contributed by atoms with Crippen molar-refractivity contribution in [1.29, 1.82) is 0 Å². The van der Waals surface area contributed by atoms with Crippen molar-refractivity contribution < 1.29 is 13.2 Å². The Morgan fingerprint density at radius 3 is 2.62 bits per heavy atom. The molecule has 0 aromatic heterocycles. The number of sulfonamides is 1. The summed E-state index contributed by atoms with van der Waals surface area (Å²) >= 11 is 0. The van der Waals surface area contributed by atoms with E-state index in [1.54, 1.807) is 18.2 Å². The van der Waals surface area contributed by atoms with Crippen molar-refractivity contribution in [2.45, 2.75) is 63.3 Å². The molecule has 1 heterocycles. The molecule has 1 aliphatic rings. The van der Waals surface area contributed by atoms with Gasteiger partial charge in [0.25, 0.3) is 5.91 Å². The molecule has 0 unspecified atom stereocenters. The Morgan fingerprint density at radius 1 is 1.25 bits per heavy atom. The first-order valence-electron chi connectivity index (χ1n) is 8.86. The van der Waals surface area contributed by atoms with E-state index in [4.69, 9.17) is 0 Å². The molecule has 1 saturated heterocycles. The molecular weight excluding hydrogens is 324 g/mol. The molecule has 0 aliphatic carbocycles. The van der Waals surface area contributed by atoms with Crippen molar-refractivity contribution in [2.75, 3.05) is 13.1 Å². The van der Waals surface area contributed by atoms with E-state index in [9.17, 15) is 13.2 Å². The van der Waals surface area contributed by atoms with Crippen molar-refractivity contribution in [3.8, 4) is 0 Å². The van der Waals surface area contributed by atoms with E-state index < -0.39 is 10.0 Å². The second kappa shape index (κ2) is 8.62. The first kappa shape index (κ1) is 18.9. The van der Waals surface area contributed by atoms with Crippen LogP contribution in [-0.2, 0) is 10.0 Å². The van der Waals surface area contributed by atoms with E-state index in [1.807, 2.05) is 6.92 Å². The number of nitrogens with one attached hydrogen (secondary N) is 1. The quantitative estimate of drug-likeness (QED) is 0.731. The fourth-order valence-electron chi connectivity index (χ4n) is 2.96. The molecule has 2 rings (SSSR count). The van der Waals surface area contributed by atoms with Crippen molar-refractivity contribution in [3.05, 3.63) is 29.8 Å². The lowest BCUT2D eigenvalue weighted by molar-refractivity contribution is 0.0937. The van der Waals surface area contributed by atoms with Gasteiger partial charge in [-0.25, -0.2) is 8.42 Å². The van der Waals surface area contributed by atoms with E-state index in [-0.39, 0.29) is 16.8 Å².